The second-order valence-electron chi connectivity index (χ2n) is 5.53. The first-order chi connectivity index (χ1) is 11.8. The van der Waals surface area contributed by atoms with Crippen LogP contribution in [0.3, 0.4) is 0 Å². The molecule has 0 N–H and O–H groups in total. The summed E-state index contributed by atoms with van der Waals surface area (Å²) in [7, 11) is 0. The average Bonchev–Trinajstić information content (AvgIpc) is 3.11. The molecule has 0 fully saturated rings. The van der Waals surface area contributed by atoms with Gasteiger partial charge in [-0.05, 0) is 52.0 Å². The normalized spacial score (nSPS) is 10.7. The van der Waals surface area contributed by atoms with Gasteiger partial charge >= 0.3 is 0 Å². The van der Waals surface area contributed by atoms with Crippen molar-refractivity contribution in [3.05, 3.63) is 83.5 Å². The number of nitrogens with zero attached hydrogens (tertiary/aromatic N) is 1. The molecular weight excluding hydrogens is 317 g/mol. The van der Waals surface area contributed by atoms with Crippen LogP contribution >= 0.6 is 11.3 Å². The van der Waals surface area contributed by atoms with Crippen LogP contribution < -0.4 is 0 Å². The Morgan fingerprint density at radius 1 is 0.833 bits per heavy atom. The van der Waals surface area contributed by atoms with Crippen LogP contribution in [0.4, 0.5) is 4.39 Å². The summed E-state index contributed by atoms with van der Waals surface area (Å²) in [6.07, 6.45) is 0. The highest BCUT2D eigenvalue weighted by Crippen LogP contribution is 2.39. The molecule has 0 aliphatic heterocycles. The Hall–Kier alpha value is -2.96. The lowest BCUT2D eigenvalue weighted by atomic mass is 9.99. The van der Waals surface area contributed by atoms with E-state index in [9.17, 15) is 4.39 Å². The van der Waals surface area contributed by atoms with Crippen molar-refractivity contribution in [3.63, 3.8) is 0 Å². The lowest BCUT2D eigenvalue weighted by molar-refractivity contribution is 0.631. The molecule has 0 amide bonds. The molecule has 0 aliphatic carbocycles. The number of thiophene rings is 1. The van der Waals surface area contributed by atoms with Crippen molar-refractivity contribution in [2.45, 2.75) is 0 Å². The van der Waals surface area contributed by atoms with Gasteiger partial charge in [0.15, 0.2) is 0 Å². The standard InChI is InChI=1S/C21H12FNS/c22-20-8-5-14(13-23)11-19(20)18-9-10-24-21(18)17-7-6-15-3-1-2-4-16(15)12-17/h1-12H. The van der Waals surface area contributed by atoms with Crippen LogP contribution in [0.2, 0.25) is 0 Å². The minimum Gasteiger partial charge on any atom is -0.206 e. The van der Waals surface area contributed by atoms with Gasteiger partial charge in [-0.25, -0.2) is 4.39 Å². The highest BCUT2D eigenvalue weighted by molar-refractivity contribution is 7.14. The number of fused-ring (bicyclic) bond motifs is 1. The van der Waals surface area contributed by atoms with Crippen LogP contribution in [0, 0.1) is 17.1 Å². The maximum absolute atomic E-state index is 14.3. The second-order valence-corrected chi connectivity index (χ2v) is 6.45. The molecule has 0 aliphatic rings. The number of hydrogen-bond donors (Lipinski definition) is 0. The van der Waals surface area contributed by atoms with E-state index in [0.29, 0.717) is 11.1 Å². The minimum absolute atomic E-state index is 0.311. The van der Waals surface area contributed by atoms with Gasteiger partial charge < -0.3 is 0 Å². The fraction of sp³-hybridized carbons (Fsp3) is 0. The Kier molecular flexibility index (Phi) is 3.60. The molecule has 0 atom stereocenters. The fourth-order valence-electron chi connectivity index (χ4n) is 2.88. The van der Waals surface area contributed by atoms with E-state index in [-0.39, 0.29) is 5.82 Å². The zero-order valence-electron chi connectivity index (χ0n) is 12.7. The molecule has 4 rings (SSSR count). The topological polar surface area (TPSA) is 23.8 Å². The third-order valence-electron chi connectivity index (χ3n) is 4.06. The molecule has 0 saturated heterocycles. The van der Waals surface area contributed by atoms with Crippen LogP contribution in [0.25, 0.3) is 32.3 Å². The Morgan fingerprint density at radius 2 is 1.67 bits per heavy atom. The van der Waals surface area contributed by atoms with E-state index in [1.54, 1.807) is 17.4 Å². The zero-order chi connectivity index (χ0) is 16.5. The first kappa shape index (κ1) is 14.6. The summed E-state index contributed by atoms with van der Waals surface area (Å²) in [5.41, 5.74) is 2.81. The van der Waals surface area contributed by atoms with E-state index in [1.807, 2.05) is 23.6 Å². The number of nitriles is 1. The Morgan fingerprint density at radius 3 is 2.50 bits per heavy atom. The molecular formula is C21H12FNS. The lowest BCUT2D eigenvalue weighted by Crippen LogP contribution is -1.87. The highest BCUT2D eigenvalue weighted by Gasteiger charge is 2.14. The van der Waals surface area contributed by atoms with E-state index < -0.39 is 0 Å². The molecule has 0 spiro atoms. The number of halogens is 1. The third-order valence-corrected chi connectivity index (χ3v) is 5.03. The number of benzene rings is 3. The first-order valence-electron chi connectivity index (χ1n) is 7.53. The maximum Gasteiger partial charge on any atom is 0.131 e. The Labute approximate surface area is 143 Å². The molecule has 1 aromatic heterocycles. The van der Waals surface area contributed by atoms with Crippen molar-refractivity contribution in [1.82, 2.24) is 0 Å². The minimum atomic E-state index is -0.311. The van der Waals surface area contributed by atoms with E-state index in [0.717, 1.165) is 21.4 Å². The van der Waals surface area contributed by atoms with Crippen molar-refractivity contribution in [2.75, 3.05) is 0 Å². The molecule has 114 valence electrons. The second kappa shape index (κ2) is 5.92. The predicted molar refractivity (Wildman–Crippen MR) is 97.4 cm³/mol. The summed E-state index contributed by atoms with van der Waals surface area (Å²) in [6, 6.07) is 22.9. The molecule has 3 aromatic carbocycles. The maximum atomic E-state index is 14.3. The predicted octanol–water partition coefficient (Wildman–Crippen LogP) is 6.25. The molecule has 3 heteroatoms. The summed E-state index contributed by atoms with van der Waals surface area (Å²) in [5, 5.41) is 13.4. The monoisotopic (exact) mass is 329 g/mol. The van der Waals surface area contributed by atoms with Crippen molar-refractivity contribution in [1.29, 1.82) is 5.26 Å². The average molecular weight is 329 g/mol. The zero-order valence-corrected chi connectivity index (χ0v) is 13.5. The summed E-state index contributed by atoms with van der Waals surface area (Å²) in [5.74, 6) is -0.311. The first-order valence-corrected chi connectivity index (χ1v) is 8.41. The van der Waals surface area contributed by atoms with Gasteiger partial charge in [0.1, 0.15) is 5.82 Å². The molecule has 0 unspecified atom stereocenters. The van der Waals surface area contributed by atoms with Crippen molar-refractivity contribution < 1.29 is 4.39 Å². The van der Waals surface area contributed by atoms with Crippen LogP contribution in [0.5, 0.6) is 0 Å². The summed E-state index contributed by atoms with van der Waals surface area (Å²) < 4.78 is 14.3. The van der Waals surface area contributed by atoms with Gasteiger partial charge in [-0.2, -0.15) is 5.26 Å². The van der Waals surface area contributed by atoms with Crippen LogP contribution in [0.1, 0.15) is 5.56 Å². The summed E-state index contributed by atoms with van der Waals surface area (Å²) in [6.45, 7) is 0. The molecule has 0 saturated carbocycles. The van der Waals surface area contributed by atoms with Gasteiger partial charge in [0.25, 0.3) is 0 Å². The van der Waals surface area contributed by atoms with Crippen molar-refractivity contribution in [3.8, 4) is 27.6 Å². The molecule has 1 nitrogen and oxygen atoms in total. The molecule has 4 aromatic rings. The van der Waals surface area contributed by atoms with Gasteiger partial charge in [-0.1, -0.05) is 36.4 Å². The molecule has 24 heavy (non-hydrogen) atoms. The fourth-order valence-corrected chi connectivity index (χ4v) is 3.78. The Bertz CT molecular complexity index is 1090. The highest BCUT2D eigenvalue weighted by atomic mass is 32.1. The van der Waals surface area contributed by atoms with Gasteiger partial charge in [0.2, 0.25) is 0 Å². The van der Waals surface area contributed by atoms with Crippen LogP contribution in [-0.2, 0) is 0 Å². The van der Waals surface area contributed by atoms with Crippen molar-refractivity contribution >= 4 is 22.1 Å². The van der Waals surface area contributed by atoms with E-state index in [2.05, 4.69) is 36.4 Å². The molecule has 0 bridgehead atoms. The van der Waals surface area contributed by atoms with E-state index in [1.165, 1.54) is 17.5 Å². The van der Waals surface area contributed by atoms with E-state index >= 15 is 0 Å². The third kappa shape index (κ3) is 2.47. The van der Waals surface area contributed by atoms with Gasteiger partial charge in [-0.15, -0.1) is 11.3 Å². The van der Waals surface area contributed by atoms with Crippen molar-refractivity contribution in [2.24, 2.45) is 0 Å². The summed E-state index contributed by atoms with van der Waals surface area (Å²) >= 11 is 1.58. The number of rotatable bonds is 2. The Balaban J connectivity index is 1.89. The van der Waals surface area contributed by atoms with Crippen LogP contribution in [-0.4, -0.2) is 0 Å². The van der Waals surface area contributed by atoms with Gasteiger partial charge in [0, 0.05) is 16.0 Å². The molecule has 1 heterocycles. The molecule has 0 radical (unpaired) electrons. The number of hydrogen-bond acceptors (Lipinski definition) is 2. The smallest absolute Gasteiger partial charge is 0.131 e. The van der Waals surface area contributed by atoms with Crippen LogP contribution in [0.15, 0.2) is 72.1 Å². The lowest BCUT2D eigenvalue weighted by Gasteiger charge is -2.07. The SMILES string of the molecule is N#Cc1ccc(F)c(-c2ccsc2-c2ccc3ccccc3c2)c1. The van der Waals surface area contributed by atoms with Gasteiger partial charge in [0.05, 0.1) is 11.6 Å². The van der Waals surface area contributed by atoms with Gasteiger partial charge in [-0.3, -0.25) is 0 Å². The summed E-state index contributed by atoms with van der Waals surface area (Å²) in [4.78, 5) is 1.01. The van der Waals surface area contributed by atoms with E-state index in [4.69, 9.17) is 5.26 Å². The quantitative estimate of drug-likeness (QED) is 0.426. The largest absolute Gasteiger partial charge is 0.206 e.